The quantitative estimate of drug-likeness (QED) is 0.316. The van der Waals surface area contributed by atoms with E-state index in [0.717, 1.165) is 0 Å². The second-order valence-electron chi connectivity index (χ2n) is 7.20. The number of nitrogens with zero attached hydrogens (tertiary/aromatic N) is 7. The van der Waals surface area contributed by atoms with Crippen LogP contribution in [0.15, 0.2) is 65.3 Å². The third kappa shape index (κ3) is 4.73. The molecule has 36 heavy (non-hydrogen) atoms. The Balaban J connectivity index is 1.53. The Kier molecular flexibility index (Phi) is 6.55. The molecule has 0 amide bonds. The number of rotatable bonds is 6. The van der Waals surface area contributed by atoms with Gasteiger partial charge in [0.25, 0.3) is 5.89 Å². The van der Waals surface area contributed by atoms with E-state index in [4.69, 9.17) is 25.5 Å². The van der Waals surface area contributed by atoms with Crippen molar-refractivity contribution in [2.75, 3.05) is 13.7 Å². The molecule has 10 nitrogen and oxygen atoms in total. The minimum Gasteiger partial charge on any atom is -0.492 e. The molecule has 0 unspecified atom stereocenters. The van der Waals surface area contributed by atoms with E-state index in [1.807, 2.05) is 31.2 Å². The highest BCUT2D eigenvalue weighted by Crippen LogP contribution is 2.27. The maximum Gasteiger partial charge on any atom is 0.294 e. The Labute approximate surface area is 210 Å². The van der Waals surface area contributed by atoms with Gasteiger partial charge >= 0.3 is 0 Å². The topological polar surface area (TPSA) is 114 Å². The van der Waals surface area contributed by atoms with Crippen LogP contribution in [0.4, 0.5) is 0 Å². The summed E-state index contributed by atoms with van der Waals surface area (Å²) in [5.41, 5.74) is 1.88. The number of methoxy groups -OCH3 is 1. The molecule has 0 atom stereocenters. The maximum absolute atomic E-state index is 6.51. The van der Waals surface area contributed by atoms with Crippen molar-refractivity contribution in [1.82, 2.24) is 34.9 Å². The molecule has 1 aromatic carbocycles. The summed E-state index contributed by atoms with van der Waals surface area (Å²) in [6.07, 6.45) is 3.22. The van der Waals surface area contributed by atoms with Crippen LogP contribution in [0.2, 0.25) is 5.02 Å². The van der Waals surface area contributed by atoms with Gasteiger partial charge in [-0.25, -0.2) is 9.97 Å². The molecule has 0 aliphatic carbocycles. The largest absolute Gasteiger partial charge is 0.492 e. The van der Waals surface area contributed by atoms with Crippen LogP contribution in [-0.2, 0) is 0 Å². The Hall–Kier alpha value is -4.75. The lowest BCUT2D eigenvalue weighted by molar-refractivity contribution is 0.339. The fourth-order valence-electron chi connectivity index (χ4n) is 3.31. The number of pyridine rings is 2. The molecule has 0 spiro atoms. The van der Waals surface area contributed by atoms with Crippen LogP contribution in [0, 0.1) is 11.8 Å². The van der Waals surface area contributed by atoms with Crippen molar-refractivity contribution < 1.29 is 13.9 Å². The van der Waals surface area contributed by atoms with Crippen molar-refractivity contribution in [1.29, 1.82) is 0 Å². The number of halogens is 1. The van der Waals surface area contributed by atoms with Crippen molar-refractivity contribution in [3.05, 3.63) is 77.7 Å². The first-order chi connectivity index (χ1) is 17.7. The lowest BCUT2D eigenvalue weighted by Gasteiger charge is -2.10. The first-order valence-electron chi connectivity index (χ1n) is 10.8. The summed E-state index contributed by atoms with van der Waals surface area (Å²) >= 11 is 6.51. The average Bonchev–Trinajstić information content (AvgIpc) is 3.56. The summed E-state index contributed by atoms with van der Waals surface area (Å²) in [4.78, 5) is 8.54. The monoisotopic (exact) mass is 499 g/mol. The van der Waals surface area contributed by atoms with E-state index in [0.29, 0.717) is 51.9 Å². The van der Waals surface area contributed by atoms with Gasteiger partial charge in [0.05, 0.1) is 30.6 Å². The predicted octanol–water partition coefficient (Wildman–Crippen LogP) is 4.23. The SMILES string of the molecule is CCOc1ccc(-c2nnc(C#Cc3nnc(-c4ccnc(OC)c4)o3)n2-c2ccccc2Cl)nc1. The van der Waals surface area contributed by atoms with Gasteiger partial charge in [0.15, 0.2) is 5.82 Å². The van der Waals surface area contributed by atoms with Crippen molar-refractivity contribution in [2.24, 2.45) is 0 Å². The fourth-order valence-corrected chi connectivity index (χ4v) is 3.53. The number of benzene rings is 1. The number of hydrogen-bond donors (Lipinski definition) is 0. The molecular weight excluding hydrogens is 482 g/mol. The second kappa shape index (κ2) is 10.2. The van der Waals surface area contributed by atoms with Crippen molar-refractivity contribution in [3.63, 3.8) is 0 Å². The van der Waals surface area contributed by atoms with Crippen LogP contribution in [-0.4, -0.2) is 48.6 Å². The van der Waals surface area contributed by atoms with E-state index in [9.17, 15) is 0 Å². The summed E-state index contributed by atoms with van der Waals surface area (Å²) < 4.78 is 18.1. The molecule has 0 radical (unpaired) electrons. The van der Waals surface area contributed by atoms with E-state index in [-0.39, 0.29) is 11.8 Å². The molecule has 11 heteroatoms. The third-order valence-electron chi connectivity index (χ3n) is 4.93. The summed E-state index contributed by atoms with van der Waals surface area (Å²) in [5, 5.41) is 17.2. The lowest BCUT2D eigenvalue weighted by atomic mass is 10.2. The Morgan fingerprint density at radius 2 is 1.89 bits per heavy atom. The molecule has 5 aromatic rings. The zero-order valence-corrected chi connectivity index (χ0v) is 20.0. The maximum atomic E-state index is 6.51. The Bertz CT molecular complexity index is 1570. The van der Waals surface area contributed by atoms with Gasteiger partial charge in [-0.1, -0.05) is 28.8 Å². The minimum atomic E-state index is 0.107. The van der Waals surface area contributed by atoms with Gasteiger partial charge in [0, 0.05) is 23.7 Å². The van der Waals surface area contributed by atoms with Gasteiger partial charge < -0.3 is 13.9 Å². The molecule has 0 N–H and O–H groups in total. The van der Waals surface area contributed by atoms with Crippen molar-refractivity contribution in [3.8, 4) is 52.1 Å². The van der Waals surface area contributed by atoms with Crippen LogP contribution < -0.4 is 9.47 Å². The Morgan fingerprint density at radius 3 is 2.67 bits per heavy atom. The van der Waals surface area contributed by atoms with Crippen molar-refractivity contribution >= 4 is 11.6 Å². The molecular formula is C25H18ClN7O3. The normalized spacial score (nSPS) is 10.5. The summed E-state index contributed by atoms with van der Waals surface area (Å²) in [7, 11) is 1.53. The lowest BCUT2D eigenvalue weighted by Crippen LogP contribution is -2.03. The minimum absolute atomic E-state index is 0.107. The Morgan fingerprint density at radius 1 is 1.00 bits per heavy atom. The van der Waals surface area contributed by atoms with Gasteiger partial charge in [0.1, 0.15) is 11.4 Å². The van der Waals surface area contributed by atoms with E-state index in [1.54, 1.807) is 41.2 Å². The number of hydrogen-bond acceptors (Lipinski definition) is 9. The van der Waals surface area contributed by atoms with E-state index < -0.39 is 0 Å². The molecule has 0 saturated carbocycles. The van der Waals surface area contributed by atoms with Crippen LogP contribution >= 0.6 is 11.6 Å². The summed E-state index contributed by atoms with van der Waals surface area (Å²) in [6.45, 7) is 2.45. The summed E-state index contributed by atoms with van der Waals surface area (Å²) in [5.74, 6) is 8.08. The van der Waals surface area contributed by atoms with Gasteiger partial charge in [-0.05, 0) is 43.2 Å². The van der Waals surface area contributed by atoms with Gasteiger partial charge in [-0.15, -0.1) is 15.3 Å². The zero-order chi connectivity index (χ0) is 24.9. The molecule has 0 aliphatic rings. The molecule has 0 bridgehead atoms. The van der Waals surface area contributed by atoms with E-state index in [2.05, 4.69) is 42.2 Å². The van der Waals surface area contributed by atoms with Crippen LogP contribution in [0.3, 0.4) is 0 Å². The highest BCUT2D eigenvalue weighted by molar-refractivity contribution is 6.32. The van der Waals surface area contributed by atoms with Crippen LogP contribution in [0.25, 0.3) is 28.7 Å². The van der Waals surface area contributed by atoms with Gasteiger partial charge in [-0.3, -0.25) is 4.57 Å². The zero-order valence-electron chi connectivity index (χ0n) is 19.2. The molecule has 0 fully saturated rings. The van der Waals surface area contributed by atoms with Gasteiger partial charge in [-0.2, -0.15) is 0 Å². The number of aromatic nitrogens is 7. The molecule has 0 saturated heterocycles. The highest BCUT2D eigenvalue weighted by Gasteiger charge is 2.18. The standard InChI is InChI=1S/C25H18ClN7O3/c1-3-35-17-8-9-19(28-15-17)24-31-29-21(33(24)20-7-5-4-6-18(20)26)10-11-22-30-32-25(36-22)16-12-13-27-23(14-16)34-2/h4-9,12-15H,3H2,1-2H3. The van der Waals surface area contributed by atoms with Crippen LogP contribution in [0.1, 0.15) is 18.6 Å². The second-order valence-corrected chi connectivity index (χ2v) is 7.60. The highest BCUT2D eigenvalue weighted by atomic mass is 35.5. The van der Waals surface area contributed by atoms with Gasteiger partial charge in [0.2, 0.25) is 17.6 Å². The smallest absolute Gasteiger partial charge is 0.294 e. The number of para-hydroxylation sites is 1. The average molecular weight is 500 g/mol. The molecule has 4 aromatic heterocycles. The molecule has 0 aliphatic heterocycles. The van der Waals surface area contributed by atoms with Crippen molar-refractivity contribution in [2.45, 2.75) is 6.92 Å². The first-order valence-corrected chi connectivity index (χ1v) is 11.2. The van der Waals surface area contributed by atoms with E-state index >= 15 is 0 Å². The third-order valence-corrected chi connectivity index (χ3v) is 5.25. The molecule has 178 valence electrons. The summed E-state index contributed by atoms with van der Waals surface area (Å²) in [6, 6.07) is 14.4. The molecule has 5 rings (SSSR count). The number of ether oxygens (including phenoxy) is 2. The predicted molar refractivity (Wildman–Crippen MR) is 131 cm³/mol. The van der Waals surface area contributed by atoms with Crippen LogP contribution in [0.5, 0.6) is 11.6 Å². The van der Waals surface area contributed by atoms with E-state index in [1.165, 1.54) is 7.11 Å². The molecule has 4 heterocycles. The fraction of sp³-hybridized carbons (Fsp3) is 0.120. The first kappa shape index (κ1) is 23.0.